The van der Waals surface area contributed by atoms with Gasteiger partial charge in [-0.1, -0.05) is 71.7 Å². The van der Waals surface area contributed by atoms with E-state index in [9.17, 15) is 14.4 Å². The Morgan fingerprint density at radius 3 is 2.38 bits per heavy atom. The van der Waals surface area contributed by atoms with E-state index in [-0.39, 0.29) is 34.0 Å². The highest BCUT2D eigenvalue weighted by Crippen LogP contribution is 2.35. The molecule has 4 nitrogen and oxygen atoms in total. The van der Waals surface area contributed by atoms with E-state index in [1.165, 1.54) is 24.3 Å². The van der Waals surface area contributed by atoms with Crippen molar-refractivity contribution < 1.29 is 13.9 Å². The number of nitrogens with one attached hydrogen (secondary N) is 1. The van der Waals surface area contributed by atoms with Crippen molar-refractivity contribution in [1.82, 2.24) is 5.32 Å². The quantitative estimate of drug-likeness (QED) is 0.318. The van der Waals surface area contributed by atoms with Crippen LogP contribution < -0.4 is 10.1 Å². The number of carbonyl (C=O) groups excluding carboxylic acids is 1. The molecule has 162 valence electrons. The molecule has 0 saturated heterocycles. The third-order valence-corrected chi connectivity index (χ3v) is 5.24. The van der Waals surface area contributed by atoms with Crippen LogP contribution >= 0.6 is 23.2 Å². The lowest BCUT2D eigenvalue weighted by Gasteiger charge is -2.14. The molecule has 0 bridgehead atoms. The molecule has 32 heavy (non-hydrogen) atoms. The van der Waals surface area contributed by atoms with Gasteiger partial charge < -0.3 is 10.1 Å². The molecule has 7 heteroatoms. The van der Waals surface area contributed by atoms with Gasteiger partial charge in [-0.15, -0.1) is 0 Å². The van der Waals surface area contributed by atoms with Crippen LogP contribution in [-0.2, 0) is 11.4 Å². The first-order valence-corrected chi connectivity index (χ1v) is 10.5. The van der Waals surface area contributed by atoms with Crippen molar-refractivity contribution in [2.45, 2.75) is 19.6 Å². The van der Waals surface area contributed by atoms with Gasteiger partial charge in [-0.05, 0) is 42.3 Å². The number of amides is 1. The summed E-state index contributed by atoms with van der Waals surface area (Å²) in [6.45, 7) is 1.78. The van der Waals surface area contributed by atoms with E-state index in [0.29, 0.717) is 11.1 Å². The molecule has 0 saturated carbocycles. The molecule has 0 heterocycles. The third-order valence-electron chi connectivity index (χ3n) is 4.67. The minimum atomic E-state index is -0.518. The summed E-state index contributed by atoms with van der Waals surface area (Å²) in [5.74, 6) is -0.723. The van der Waals surface area contributed by atoms with Crippen LogP contribution in [0, 0.1) is 17.1 Å². The van der Waals surface area contributed by atoms with Crippen LogP contribution in [0.25, 0.3) is 6.08 Å². The van der Waals surface area contributed by atoms with Crippen molar-refractivity contribution >= 4 is 35.2 Å². The molecule has 3 rings (SSSR count). The first kappa shape index (κ1) is 23.3. The van der Waals surface area contributed by atoms with E-state index in [0.717, 1.165) is 5.56 Å². The van der Waals surface area contributed by atoms with E-state index < -0.39 is 11.7 Å². The third kappa shape index (κ3) is 5.88. The van der Waals surface area contributed by atoms with Gasteiger partial charge in [-0.3, -0.25) is 4.79 Å². The highest BCUT2D eigenvalue weighted by Gasteiger charge is 2.15. The second-order valence-electron chi connectivity index (χ2n) is 6.97. The Labute approximate surface area is 195 Å². The number of carbonyl (C=O) groups is 1. The van der Waals surface area contributed by atoms with Gasteiger partial charge in [0.2, 0.25) is 0 Å². The lowest BCUT2D eigenvalue weighted by atomic mass is 10.1. The van der Waals surface area contributed by atoms with E-state index in [1.807, 2.05) is 43.3 Å². The largest absolute Gasteiger partial charge is 0.486 e. The summed E-state index contributed by atoms with van der Waals surface area (Å²) in [6, 6.07) is 20.3. The second-order valence-corrected chi connectivity index (χ2v) is 7.78. The number of hydrogen-bond acceptors (Lipinski definition) is 3. The zero-order valence-corrected chi connectivity index (χ0v) is 18.6. The van der Waals surface area contributed by atoms with Crippen molar-refractivity contribution in [3.05, 3.63) is 105 Å². The molecule has 0 spiro atoms. The minimum absolute atomic E-state index is 0.0511. The SMILES string of the molecule is C[C@@H](NC(=O)/C(C#N)=C\c1cc(Cl)c(OCc2ccccc2F)c(Cl)c1)c1ccccc1. The van der Waals surface area contributed by atoms with Crippen molar-refractivity contribution in [2.75, 3.05) is 0 Å². The van der Waals surface area contributed by atoms with Gasteiger partial charge in [0.15, 0.2) is 5.75 Å². The summed E-state index contributed by atoms with van der Waals surface area (Å²) in [7, 11) is 0. The average molecular weight is 469 g/mol. The monoisotopic (exact) mass is 468 g/mol. The highest BCUT2D eigenvalue weighted by molar-refractivity contribution is 6.37. The molecule has 1 atom stereocenters. The molecule has 0 aliphatic carbocycles. The molecular weight excluding hydrogens is 450 g/mol. The van der Waals surface area contributed by atoms with Crippen LogP contribution in [0.5, 0.6) is 5.75 Å². The minimum Gasteiger partial charge on any atom is -0.486 e. The van der Waals surface area contributed by atoms with Gasteiger partial charge in [-0.2, -0.15) is 5.26 Å². The lowest BCUT2D eigenvalue weighted by molar-refractivity contribution is -0.117. The van der Waals surface area contributed by atoms with Crippen LogP contribution in [0.1, 0.15) is 29.7 Å². The summed E-state index contributed by atoms with van der Waals surface area (Å²) in [5, 5.41) is 12.6. The Morgan fingerprint density at radius 1 is 1.12 bits per heavy atom. The fraction of sp³-hybridized carbons (Fsp3) is 0.120. The van der Waals surface area contributed by atoms with Gasteiger partial charge >= 0.3 is 0 Å². The maximum Gasteiger partial charge on any atom is 0.262 e. The van der Waals surface area contributed by atoms with Gasteiger partial charge in [0.05, 0.1) is 16.1 Å². The number of benzene rings is 3. The fourth-order valence-electron chi connectivity index (χ4n) is 2.98. The van der Waals surface area contributed by atoms with Crippen molar-refractivity contribution in [3.63, 3.8) is 0 Å². The zero-order chi connectivity index (χ0) is 23.1. The Bertz CT molecular complexity index is 1170. The van der Waals surface area contributed by atoms with E-state index >= 15 is 0 Å². The molecule has 0 fully saturated rings. The molecule has 0 aromatic heterocycles. The van der Waals surface area contributed by atoms with E-state index in [4.69, 9.17) is 27.9 Å². The summed E-state index contributed by atoms with van der Waals surface area (Å²) >= 11 is 12.6. The van der Waals surface area contributed by atoms with Crippen molar-refractivity contribution in [2.24, 2.45) is 0 Å². The number of hydrogen-bond donors (Lipinski definition) is 1. The number of rotatable bonds is 7. The highest BCUT2D eigenvalue weighted by atomic mass is 35.5. The smallest absolute Gasteiger partial charge is 0.262 e. The average Bonchev–Trinajstić information content (AvgIpc) is 2.78. The predicted molar refractivity (Wildman–Crippen MR) is 124 cm³/mol. The molecule has 1 N–H and O–H groups in total. The van der Waals surface area contributed by atoms with Gasteiger partial charge in [0, 0.05) is 5.56 Å². The Balaban J connectivity index is 1.75. The van der Waals surface area contributed by atoms with Gasteiger partial charge in [0.25, 0.3) is 5.91 Å². The van der Waals surface area contributed by atoms with Crippen molar-refractivity contribution in [3.8, 4) is 11.8 Å². The standard InChI is InChI=1S/C25H19Cl2FN2O2/c1-16(18-7-3-2-4-8-18)30-25(31)20(14-29)11-17-12-21(26)24(22(27)13-17)32-15-19-9-5-6-10-23(19)28/h2-13,16H,15H2,1H3,(H,30,31)/b20-11-/t16-/m1/s1. The lowest BCUT2D eigenvalue weighted by Crippen LogP contribution is -2.27. The van der Waals surface area contributed by atoms with Crippen LogP contribution in [0.15, 0.2) is 72.3 Å². The van der Waals surface area contributed by atoms with E-state index in [1.54, 1.807) is 18.2 Å². The first-order chi connectivity index (χ1) is 15.4. The molecule has 3 aromatic carbocycles. The number of halogens is 3. The number of nitriles is 1. The maximum absolute atomic E-state index is 13.8. The Hall–Kier alpha value is -3.33. The van der Waals surface area contributed by atoms with Crippen LogP contribution in [0.4, 0.5) is 4.39 Å². The summed E-state index contributed by atoms with van der Waals surface area (Å²) in [5.41, 5.74) is 1.64. The first-order valence-electron chi connectivity index (χ1n) is 9.72. The van der Waals surface area contributed by atoms with Crippen LogP contribution in [-0.4, -0.2) is 5.91 Å². The second kappa shape index (κ2) is 10.8. The Morgan fingerprint density at radius 2 is 1.75 bits per heavy atom. The summed E-state index contributed by atoms with van der Waals surface area (Å²) < 4.78 is 19.4. The summed E-state index contributed by atoms with van der Waals surface area (Å²) in [4.78, 5) is 12.6. The number of ether oxygens (including phenoxy) is 1. The van der Waals surface area contributed by atoms with Gasteiger partial charge in [-0.25, -0.2) is 4.39 Å². The normalized spacial score (nSPS) is 12.0. The molecule has 3 aromatic rings. The predicted octanol–water partition coefficient (Wildman–Crippen LogP) is 6.50. The van der Waals surface area contributed by atoms with Crippen LogP contribution in [0.2, 0.25) is 10.0 Å². The molecule has 0 unspecified atom stereocenters. The zero-order valence-electron chi connectivity index (χ0n) is 17.1. The number of nitrogens with zero attached hydrogens (tertiary/aromatic N) is 1. The topological polar surface area (TPSA) is 62.1 Å². The molecule has 1 amide bonds. The molecular formula is C25H19Cl2FN2O2. The summed E-state index contributed by atoms with van der Waals surface area (Å²) in [6.07, 6.45) is 1.39. The van der Waals surface area contributed by atoms with Gasteiger partial charge in [0.1, 0.15) is 24.1 Å². The fourth-order valence-corrected chi connectivity index (χ4v) is 3.59. The van der Waals surface area contributed by atoms with Crippen molar-refractivity contribution in [1.29, 1.82) is 5.26 Å². The maximum atomic E-state index is 13.8. The molecule has 0 radical (unpaired) electrons. The Kier molecular flexibility index (Phi) is 7.88. The van der Waals surface area contributed by atoms with Crippen LogP contribution in [0.3, 0.4) is 0 Å². The molecule has 0 aliphatic rings. The van der Waals surface area contributed by atoms with E-state index in [2.05, 4.69) is 5.32 Å². The molecule has 0 aliphatic heterocycles.